The van der Waals surface area contributed by atoms with Gasteiger partial charge in [0.1, 0.15) is 0 Å². The van der Waals surface area contributed by atoms with E-state index in [4.69, 9.17) is 14.2 Å². The van der Waals surface area contributed by atoms with E-state index in [1.807, 2.05) is 16.8 Å². The monoisotopic (exact) mass is 476 g/mol. The van der Waals surface area contributed by atoms with E-state index in [0.717, 1.165) is 22.2 Å². The summed E-state index contributed by atoms with van der Waals surface area (Å²) in [6.45, 7) is 0.319. The quantitative estimate of drug-likeness (QED) is 0.524. The molecule has 1 saturated heterocycles. The van der Waals surface area contributed by atoms with Crippen molar-refractivity contribution in [1.82, 2.24) is 10.2 Å². The Labute approximate surface area is 194 Å². The standard InChI is InChI=1S/C22H24N2O6S2/c1-28-16-10-15(11-17(29-2)20(16)30-3)12-18-21(26)24(22(27)32-18)8-7-23-19(25)5-4-14-6-9-31-13-14/h6,9-13H,4-5,7-8H2,1-3H3,(H,23,25)/b18-12-. The molecule has 0 atom stereocenters. The summed E-state index contributed by atoms with van der Waals surface area (Å²) in [4.78, 5) is 38.5. The van der Waals surface area contributed by atoms with Gasteiger partial charge in [0.25, 0.3) is 11.1 Å². The van der Waals surface area contributed by atoms with Crippen LogP contribution in [0, 0.1) is 0 Å². The first kappa shape index (κ1) is 23.7. The highest BCUT2D eigenvalue weighted by molar-refractivity contribution is 8.18. The molecule has 1 fully saturated rings. The van der Waals surface area contributed by atoms with Crippen LogP contribution in [0.25, 0.3) is 6.08 Å². The fourth-order valence-electron chi connectivity index (χ4n) is 3.12. The largest absolute Gasteiger partial charge is 0.493 e. The number of hydrogen-bond donors (Lipinski definition) is 1. The zero-order valence-electron chi connectivity index (χ0n) is 18.0. The summed E-state index contributed by atoms with van der Waals surface area (Å²) in [5.41, 5.74) is 1.75. The Morgan fingerprint density at radius 3 is 2.44 bits per heavy atom. The van der Waals surface area contributed by atoms with Gasteiger partial charge in [-0.3, -0.25) is 19.3 Å². The number of nitrogens with one attached hydrogen (secondary N) is 1. The highest BCUT2D eigenvalue weighted by atomic mass is 32.2. The number of hydrogen-bond acceptors (Lipinski definition) is 8. The average Bonchev–Trinajstić information content (AvgIpc) is 3.40. The Hall–Kier alpha value is -2.98. The maximum absolute atomic E-state index is 12.7. The summed E-state index contributed by atoms with van der Waals surface area (Å²) in [5, 5.41) is 6.37. The van der Waals surface area contributed by atoms with E-state index in [1.54, 1.807) is 29.5 Å². The molecule has 10 heteroatoms. The molecular formula is C22H24N2O6S2. The summed E-state index contributed by atoms with van der Waals surface area (Å²) in [6, 6.07) is 5.38. The Morgan fingerprint density at radius 2 is 1.84 bits per heavy atom. The molecule has 0 spiro atoms. The van der Waals surface area contributed by atoms with Gasteiger partial charge >= 0.3 is 0 Å². The molecule has 3 rings (SSSR count). The topological polar surface area (TPSA) is 94.2 Å². The minimum absolute atomic E-state index is 0.113. The zero-order valence-corrected chi connectivity index (χ0v) is 19.6. The lowest BCUT2D eigenvalue weighted by Gasteiger charge is -2.13. The molecular weight excluding hydrogens is 452 g/mol. The van der Waals surface area contributed by atoms with Crippen LogP contribution < -0.4 is 19.5 Å². The SMILES string of the molecule is COc1cc(/C=C2\SC(=O)N(CCNC(=O)CCc3ccsc3)C2=O)cc(OC)c1OC. The number of carbonyl (C=O) groups is 3. The Balaban J connectivity index is 1.60. The summed E-state index contributed by atoms with van der Waals surface area (Å²) < 4.78 is 16.0. The van der Waals surface area contributed by atoms with Crippen LogP contribution in [0.1, 0.15) is 17.5 Å². The second-order valence-corrected chi connectivity index (χ2v) is 8.55. The van der Waals surface area contributed by atoms with Crippen LogP contribution in [0.2, 0.25) is 0 Å². The summed E-state index contributed by atoms with van der Waals surface area (Å²) in [7, 11) is 4.51. The minimum atomic E-state index is -0.402. The van der Waals surface area contributed by atoms with Crippen LogP contribution >= 0.6 is 23.1 Å². The number of carbonyl (C=O) groups excluding carboxylic acids is 3. The Bertz CT molecular complexity index is 994. The van der Waals surface area contributed by atoms with Crippen molar-refractivity contribution >= 4 is 46.2 Å². The molecule has 0 unspecified atom stereocenters. The van der Waals surface area contributed by atoms with Gasteiger partial charge in [0.2, 0.25) is 11.7 Å². The molecule has 0 bridgehead atoms. The van der Waals surface area contributed by atoms with Crippen molar-refractivity contribution in [1.29, 1.82) is 0 Å². The number of aryl methyl sites for hydroxylation is 1. The van der Waals surface area contributed by atoms with Crippen molar-refractivity contribution in [2.75, 3.05) is 34.4 Å². The first-order valence-electron chi connectivity index (χ1n) is 9.80. The molecule has 170 valence electrons. The molecule has 8 nitrogen and oxygen atoms in total. The number of thioether (sulfide) groups is 1. The Kier molecular flexibility index (Phi) is 8.18. The predicted octanol–water partition coefficient (Wildman–Crippen LogP) is 3.56. The molecule has 1 N–H and O–H groups in total. The summed E-state index contributed by atoms with van der Waals surface area (Å²) >= 11 is 2.45. The smallest absolute Gasteiger partial charge is 0.293 e. The van der Waals surface area contributed by atoms with Gasteiger partial charge in [-0.15, -0.1) is 0 Å². The maximum Gasteiger partial charge on any atom is 0.293 e. The molecule has 2 heterocycles. The van der Waals surface area contributed by atoms with Gasteiger partial charge in [0.05, 0.1) is 26.2 Å². The van der Waals surface area contributed by atoms with Crippen molar-refractivity contribution in [3.8, 4) is 17.2 Å². The van der Waals surface area contributed by atoms with Crippen molar-refractivity contribution in [2.45, 2.75) is 12.8 Å². The van der Waals surface area contributed by atoms with Crippen LogP contribution in [-0.2, 0) is 16.0 Å². The third kappa shape index (κ3) is 5.63. The Morgan fingerprint density at radius 1 is 1.12 bits per heavy atom. The van der Waals surface area contributed by atoms with Gasteiger partial charge in [-0.2, -0.15) is 11.3 Å². The van der Waals surface area contributed by atoms with Crippen LogP contribution in [-0.4, -0.2) is 56.4 Å². The second kappa shape index (κ2) is 11.1. The van der Waals surface area contributed by atoms with Crippen molar-refractivity contribution in [3.63, 3.8) is 0 Å². The second-order valence-electron chi connectivity index (χ2n) is 6.77. The van der Waals surface area contributed by atoms with Crippen LogP contribution in [0.3, 0.4) is 0 Å². The molecule has 1 aromatic heterocycles. The molecule has 2 aromatic rings. The van der Waals surface area contributed by atoms with E-state index in [9.17, 15) is 14.4 Å². The van der Waals surface area contributed by atoms with E-state index in [2.05, 4.69) is 5.32 Å². The summed E-state index contributed by atoms with van der Waals surface area (Å²) in [6.07, 6.45) is 2.63. The van der Waals surface area contributed by atoms with Crippen LogP contribution in [0.15, 0.2) is 33.9 Å². The van der Waals surface area contributed by atoms with Gasteiger partial charge in [-0.1, -0.05) is 0 Å². The number of nitrogens with zero attached hydrogens (tertiary/aromatic N) is 1. The first-order chi connectivity index (χ1) is 15.5. The van der Waals surface area contributed by atoms with E-state index in [0.29, 0.717) is 35.7 Å². The molecule has 1 aromatic carbocycles. The first-order valence-corrected chi connectivity index (χ1v) is 11.6. The normalized spacial score (nSPS) is 14.7. The lowest BCUT2D eigenvalue weighted by Crippen LogP contribution is -2.37. The lowest BCUT2D eigenvalue weighted by atomic mass is 10.1. The lowest BCUT2D eigenvalue weighted by molar-refractivity contribution is -0.124. The van der Waals surface area contributed by atoms with Crippen LogP contribution in [0.5, 0.6) is 17.2 Å². The van der Waals surface area contributed by atoms with Crippen LogP contribution in [0.4, 0.5) is 4.79 Å². The van der Waals surface area contributed by atoms with Gasteiger partial charge in [0, 0.05) is 19.5 Å². The number of methoxy groups -OCH3 is 3. The van der Waals surface area contributed by atoms with Gasteiger partial charge in [-0.05, 0) is 64.3 Å². The number of benzene rings is 1. The maximum atomic E-state index is 12.7. The number of amides is 3. The number of rotatable bonds is 10. The average molecular weight is 477 g/mol. The highest BCUT2D eigenvalue weighted by Crippen LogP contribution is 2.40. The minimum Gasteiger partial charge on any atom is -0.493 e. The molecule has 1 aliphatic heterocycles. The third-order valence-corrected chi connectivity index (χ3v) is 6.38. The zero-order chi connectivity index (χ0) is 23.1. The van der Waals surface area contributed by atoms with E-state index >= 15 is 0 Å². The van der Waals surface area contributed by atoms with Crippen molar-refractivity contribution in [2.24, 2.45) is 0 Å². The van der Waals surface area contributed by atoms with Crippen molar-refractivity contribution < 1.29 is 28.6 Å². The number of ether oxygens (including phenoxy) is 3. The van der Waals surface area contributed by atoms with E-state index in [-0.39, 0.29) is 29.1 Å². The molecule has 1 aliphatic rings. The fourth-order valence-corrected chi connectivity index (χ4v) is 4.69. The third-order valence-electron chi connectivity index (χ3n) is 4.74. The summed E-state index contributed by atoms with van der Waals surface area (Å²) in [5.74, 6) is 0.817. The molecule has 32 heavy (non-hydrogen) atoms. The number of imide groups is 1. The number of thiophene rings is 1. The van der Waals surface area contributed by atoms with Gasteiger partial charge in [0.15, 0.2) is 11.5 Å². The molecule has 0 radical (unpaired) electrons. The molecule has 0 saturated carbocycles. The highest BCUT2D eigenvalue weighted by Gasteiger charge is 2.34. The van der Waals surface area contributed by atoms with Gasteiger partial charge in [-0.25, -0.2) is 0 Å². The molecule has 0 aliphatic carbocycles. The van der Waals surface area contributed by atoms with E-state index in [1.165, 1.54) is 21.3 Å². The van der Waals surface area contributed by atoms with E-state index < -0.39 is 5.91 Å². The van der Waals surface area contributed by atoms with Crippen molar-refractivity contribution in [3.05, 3.63) is 45.0 Å². The predicted molar refractivity (Wildman–Crippen MR) is 124 cm³/mol. The fraction of sp³-hybridized carbons (Fsp3) is 0.318. The molecule has 3 amide bonds. The van der Waals surface area contributed by atoms with Gasteiger partial charge < -0.3 is 19.5 Å².